The third kappa shape index (κ3) is 8.36. The number of unbranched alkanes of at least 4 members (excludes halogenated alkanes) is 6. The molecule has 1 N–H and O–H groups in total. The highest BCUT2D eigenvalue weighted by Gasteiger charge is 2.28. The van der Waals surface area contributed by atoms with Crippen molar-refractivity contribution in [3.63, 3.8) is 0 Å². The molecule has 0 aromatic heterocycles. The second-order valence-corrected chi connectivity index (χ2v) is 7.51. The van der Waals surface area contributed by atoms with Crippen molar-refractivity contribution < 1.29 is 5.11 Å². The van der Waals surface area contributed by atoms with Gasteiger partial charge in [0.2, 0.25) is 0 Å². The molecular formula is C21H40O. The van der Waals surface area contributed by atoms with E-state index in [9.17, 15) is 5.11 Å². The molecule has 130 valence electrons. The lowest BCUT2D eigenvalue weighted by atomic mass is 9.70. The maximum Gasteiger partial charge on any atom is 0.0721 e. The Morgan fingerprint density at radius 3 is 2.18 bits per heavy atom. The molecule has 0 spiro atoms. The fourth-order valence-electron chi connectivity index (χ4n) is 3.85. The Balaban J connectivity index is 2.41. The average Bonchev–Trinajstić information content (AvgIpc) is 2.54. The summed E-state index contributed by atoms with van der Waals surface area (Å²) in [4.78, 5) is 0. The van der Waals surface area contributed by atoms with Crippen LogP contribution in [0.15, 0.2) is 12.2 Å². The smallest absolute Gasteiger partial charge is 0.0721 e. The summed E-state index contributed by atoms with van der Waals surface area (Å²) < 4.78 is 0. The van der Waals surface area contributed by atoms with Crippen LogP contribution in [0.4, 0.5) is 0 Å². The molecule has 0 aromatic carbocycles. The van der Waals surface area contributed by atoms with Gasteiger partial charge < -0.3 is 5.11 Å². The molecule has 0 bridgehead atoms. The van der Waals surface area contributed by atoms with Crippen LogP contribution in [-0.2, 0) is 0 Å². The van der Waals surface area contributed by atoms with E-state index in [0.717, 1.165) is 12.8 Å². The molecule has 1 aliphatic carbocycles. The normalized spacial score (nSPS) is 19.6. The lowest BCUT2D eigenvalue weighted by Crippen LogP contribution is -2.22. The standard InChI is InChI=1S/C21H40O/c1-3-5-7-8-11-16-21(17-12-9-13-18-21)19-15-20(22)14-10-6-4-2/h15,19-20,22H,3-14,16-18H2,1-2H3/b19-15+. The van der Waals surface area contributed by atoms with Crippen LogP contribution in [0.3, 0.4) is 0 Å². The van der Waals surface area contributed by atoms with Crippen LogP contribution in [0, 0.1) is 5.41 Å². The molecule has 0 radical (unpaired) electrons. The van der Waals surface area contributed by atoms with Crippen molar-refractivity contribution in [1.29, 1.82) is 0 Å². The highest BCUT2D eigenvalue weighted by molar-refractivity contribution is 5.03. The molecule has 1 unspecified atom stereocenters. The Morgan fingerprint density at radius 1 is 0.864 bits per heavy atom. The minimum atomic E-state index is -0.217. The lowest BCUT2D eigenvalue weighted by Gasteiger charge is -2.35. The van der Waals surface area contributed by atoms with E-state index in [1.807, 2.05) is 0 Å². The van der Waals surface area contributed by atoms with E-state index in [4.69, 9.17) is 0 Å². The van der Waals surface area contributed by atoms with Crippen molar-refractivity contribution in [2.45, 2.75) is 116 Å². The van der Waals surface area contributed by atoms with Crippen LogP contribution in [0.2, 0.25) is 0 Å². The van der Waals surface area contributed by atoms with E-state index < -0.39 is 0 Å². The first-order valence-corrected chi connectivity index (χ1v) is 10.1. The summed E-state index contributed by atoms with van der Waals surface area (Å²) >= 11 is 0. The monoisotopic (exact) mass is 308 g/mol. The third-order valence-electron chi connectivity index (χ3n) is 5.40. The Kier molecular flexibility index (Phi) is 10.9. The zero-order chi connectivity index (χ0) is 16.1. The van der Waals surface area contributed by atoms with Gasteiger partial charge in [-0.15, -0.1) is 0 Å². The molecule has 0 aliphatic heterocycles. The van der Waals surface area contributed by atoms with Gasteiger partial charge in [0.15, 0.2) is 0 Å². The third-order valence-corrected chi connectivity index (χ3v) is 5.40. The second-order valence-electron chi connectivity index (χ2n) is 7.51. The predicted octanol–water partition coefficient (Wildman–Crippen LogP) is 6.79. The van der Waals surface area contributed by atoms with Gasteiger partial charge in [-0.25, -0.2) is 0 Å². The van der Waals surface area contributed by atoms with Crippen molar-refractivity contribution in [2.24, 2.45) is 5.41 Å². The highest BCUT2D eigenvalue weighted by atomic mass is 16.3. The molecule has 1 aliphatic rings. The fourth-order valence-corrected chi connectivity index (χ4v) is 3.85. The van der Waals surface area contributed by atoms with Crippen molar-refractivity contribution in [2.75, 3.05) is 0 Å². The molecule has 1 heteroatoms. The molecule has 1 atom stereocenters. The lowest BCUT2D eigenvalue weighted by molar-refractivity contribution is 0.198. The first kappa shape index (κ1) is 19.7. The van der Waals surface area contributed by atoms with Gasteiger partial charge in [0.05, 0.1) is 6.10 Å². The largest absolute Gasteiger partial charge is 0.389 e. The minimum Gasteiger partial charge on any atom is -0.389 e. The quantitative estimate of drug-likeness (QED) is 0.310. The van der Waals surface area contributed by atoms with Crippen molar-refractivity contribution in [3.8, 4) is 0 Å². The Labute approximate surface area is 139 Å². The number of hydrogen-bond acceptors (Lipinski definition) is 1. The van der Waals surface area contributed by atoms with Gasteiger partial charge in [0.25, 0.3) is 0 Å². The molecule has 0 saturated heterocycles. The van der Waals surface area contributed by atoms with Crippen LogP contribution in [0.5, 0.6) is 0 Å². The van der Waals surface area contributed by atoms with Crippen LogP contribution in [-0.4, -0.2) is 11.2 Å². The first-order chi connectivity index (χ1) is 10.7. The van der Waals surface area contributed by atoms with E-state index in [0.29, 0.717) is 5.41 Å². The SMILES string of the molecule is CCCCCCCC1(/C=C/C(O)CCCCC)CCCCC1. The average molecular weight is 309 g/mol. The van der Waals surface area contributed by atoms with E-state index in [1.165, 1.54) is 83.5 Å². The van der Waals surface area contributed by atoms with Crippen LogP contribution in [0.1, 0.15) is 110 Å². The summed E-state index contributed by atoms with van der Waals surface area (Å²) in [5.74, 6) is 0. The molecule has 1 fully saturated rings. The summed E-state index contributed by atoms with van der Waals surface area (Å²) in [6.07, 6.45) is 24.0. The van der Waals surface area contributed by atoms with Crippen molar-refractivity contribution in [1.82, 2.24) is 0 Å². The fraction of sp³-hybridized carbons (Fsp3) is 0.905. The predicted molar refractivity (Wildman–Crippen MR) is 98.2 cm³/mol. The summed E-state index contributed by atoms with van der Waals surface area (Å²) in [6.45, 7) is 4.50. The van der Waals surface area contributed by atoms with Crippen LogP contribution in [0.25, 0.3) is 0 Å². The summed E-state index contributed by atoms with van der Waals surface area (Å²) in [6, 6.07) is 0. The second kappa shape index (κ2) is 12.2. The Morgan fingerprint density at radius 2 is 1.50 bits per heavy atom. The number of aliphatic hydroxyl groups is 1. The van der Waals surface area contributed by atoms with Gasteiger partial charge in [-0.3, -0.25) is 0 Å². The zero-order valence-electron chi connectivity index (χ0n) is 15.3. The number of hydrogen-bond donors (Lipinski definition) is 1. The number of rotatable bonds is 12. The van der Waals surface area contributed by atoms with E-state index in [1.54, 1.807) is 0 Å². The minimum absolute atomic E-state index is 0.217. The first-order valence-electron chi connectivity index (χ1n) is 10.1. The molecular weight excluding hydrogens is 268 g/mol. The van der Waals surface area contributed by atoms with Crippen LogP contribution < -0.4 is 0 Å². The van der Waals surface area contributed by atoms with E-state index in [-0.39, 0.29) is 6.10 Å². The van der Waals surface area contributed by atoms with E-state index >= 15 is 0 Å². The van der Waals surface area contributed by atoms with Gasteiger partial charge in [0, 0.05) is 0 Å². The maximum atomic E-state index is 10.2. The Bertz CT molecular complexity index is 276. The molecule has 0 aromatic rings. The highest BCUT2D eigenvalue weighted by Crippen LogP contribution is 2.42. The molecule has 1 saturated carbocycles. The number of aliphatic hydroxyl groups excluding tert-OH is 1. The van der Waals surface area contributed by atoms with Crippen molar-refractivity contribution >= 4 is 0 Å². The molecule has 22 heavy (non-hydrogen) atoms. The molecule has 1 rings (SSSR count). The summed E-state index contributed by atoms with van der Waals surface area (Å²) in [7, 11) is 0. The van der Waals surface area contributed by atoms with Gasteiger partial charge in [-0.05, 0) is 31.1 Å². The van der Waals surface area contributed by atoms with Gasteiger partial charge in [0.1, 0.15) is 0 Å². The molecule has 0 amide bonds. The zero-order valence-corrected chi connectivity index (χ0v) is 15.3. The summed E-state index contributed by atoms with van der Waals surface area (Å²) in [5.41, 5.74) is 0.413. The topological polar surface area (TPSA) is 20.2 Å². The van der Waals surface area contributed by atoms with Gasteiger partial charge >= 0.3 is 0 Å². The van der Waals surface area contributed by atoms with Gasteiger partial charge in [-0.1, -0.05) is 96.6 Å². The van der Waals surface area contributed by atoms with Crippen LogP contribution >= 0.6 is 0 Å². The maximum absolute atomic E-state index is 10.2. The van der Waals surface area contributed by atoms with Crippen molar-refractivity contribution in [3.05, 3.63) is 12.2 Å². The summed E-state index contributed by atoms with van der Waals surface area (Å²) in [5, 5.41) is 10.2. The van der Waals surface area contributed by atoms with Gasteiger partial charge in [-0.2, -0.15) is 0 Å². The molecule has 0 heterocycles. The molecule has 1 nitrogen and oxygen atoms in total. The number of allylic oxidation sites excluding steroid dienone is 1. The Hall–Kier alpha value is -0.300. The van der Waals surface area contributed by atoms with E-state index in [2.05, 4.69) is 26.0 Å².